The molecule has 74 valence electrons. The first-order valence-corrected chi connectivity index (χ1v) is 5.04. The molecule has 0 atom stereocenters. The van der Waals surface area contributed by atoms with Gasteiger partial charge in [-0.1, -0.05) is 34.6 Å². The second-order valence-corrected chi connectivity index (χ2v) is 4.14. The molecule has 0 aliphatic carbocycles. The molecule has 0 saturated carbocycles. The predicted molar refractivity (Wildman–Crippen MR) is 59.8 cm³/mol. The molecule has 1 N–H and O–H groups in total. The van der Waals surface area contributed by atoms with Gasteiger partial charge < -0.3 is 5.11 Å². The van der Waals surface area contributed by atoms with Crippen molar-refractivity contribution in [3.05, 3.63) is 46.5 Å². The Bertz CT molecular complexity index is 341. The van der Waals surface area contributed by atoms with Crippen LogP contribution in [0.15, 0.2) is 35.3 Å². The quantitative estimate of drug-likeness (QED) is 0.896. The van der Waals surface area contributed by atoms with Gasteiger partial charge in [0.15, 0.2) is 0 Å². The summed E-state index contributed by atoms with van der Waals surface area (Å²) in [6.45, 7) is 3.74. The Morgan fingerprint density at radius 3 is 2.36 bits per heavy atom. The van der Waals surface area contributed by atoms with E-state index in [0.717, 1.165) is 22.9 Å². The van der Waals surface area contributed by atoms with Gasteiger partial charge in [0.1, 0.15) is 0 Å². The van der Waals surface area contributed by atoms with Crippen LogP contribution in [0.3, 0.4) is 0 Å². The fraction of sp³-hybridized carbons (Fsp3) is 0.182. The molecular weight excluding hydrogens is 244 g/mol. The largest absolute Gasteiger partial charge is 0.478 e. The zero-order chi connectivity index (χ0) is 10.6. The van der Waals surface area contributed by atoms with Crippen LogP contribution in [0.5, 0.6) is 0 Å². The van der Waals surface area contributed by atoms with Crippen molar-refractivity contribution < 1.29 is 9.90 Å². The van der Waals surface area contributed by atoms with E-state index in [1.165, 1.54) is 0 Å². The summed E-state index contributed by atoms with van der Waals surface area (Å²) < 4.78 is 0.958. The molecule has 0 amide bonds. The van der Waals surface area contributed by atoms with Crippen molar-refractivity contribution in [2.45, 2.75) is 12.8 Å². The SMILES string of the molecule is C=C(Br)CCc1ccc(C(=O)O)cc1. The molecule has 14 heavy (non-hydrogen) atoms. The van der Waals surface area contributed by atoms with Crippen molar-refractivity contribution in [3.63, 3.8) is 0 Å². The lowest BCUT2D eigenvalue weighted by Crippen LogP contribution is -1.96. The fourth-order valence-electron chi connectivity index (χ4n) is 1.09. The van der Waals surface area contributed by atoms with Gasteiger partial charge in [-0.15, -0.1) is 0 Å². The molecule has 0 radical (unpaired) electrons. The molecule has 0 unspecified atom stereocenters. The Kier molecular flexibility index (Phi) is 3.89. The van der Waals surface area contributed by atoms with Crippen molar-refractivity contribution >= 4 is 21.9 Å². The van der Waals surface area contributed by atoms with Gasteiger partial charge in [0.05, 0.1) is 5.56 Å². The van der Waals surface area contributed by atoms with Gasteiger partial charge in [0, 0.05) is 0 Å². The molecule has 2 nitrogen and oxygen atoms in total. The van der Waals surface area contributed by atoms with E-state index in [0.29, 0.717) is 5.56 Å². The number of carbonyl (C=O) groups is 1. The molecule has 1 aromatic carbocycles. The van der Waals surface area contributed by atoms with Crippen LogP contribution in [0.1, 0.15) is 22.3 Å². The van der Waals surface area contributed by atoms with Gasteiger partial charge in [-0.25, -0.2) is 4.79 Å². The van der Waals surface area contributed by atoms with Gasteiger partial charge in [-0.3, -0.25) is 0 Å². The Hall–Kier alpha value is -1.09. The number of carboxylic acid groups (broad SMARTS) is 1. The first-order chi connectivity index (χ1) is 6.59. The molecule has 0 fully saturated rings. The van der Waals surface area contributed by atoms with E-state index in [9.17, 15) is 4.79 Å². The molecule has 0 spiro atoms. The van der Waals surface area contributed by atoms with Gasteiger partial charge in [0.25, 0.3) is 0 Å². The Labute approximate surface area is 91.4 Å². The summed E-state index contributed by atoms with van der Waals surface area (Å²) in [5, 5.41) is 8.67. The average molecular weight is 255 g/mol. The molecule has 0 bridgehead atoms. The standard InChI is InChI=1S/C11H11BrO2/c1-8(12)2-3-9-4-6-10(7-5-9)11(13)14/h4-7H,1-3H2,(H,13,14). The van der Waals surface area contributed by atoms with E-state index in [-0.39, 0.29) is 0 Å². The lowest BCUT2D eigenvalue weighted by atomic mass is 10.1. The monoisotopic (exact) mass is 254 g/mol. The highest BCUT2D eigenvalue weighted by Crippen LogP contribution is 2.13. The van der Waals surface area contributed by atoms with Crippen LogP contribution in [0.25, 0.3) is 0 Å². The van der Waals surface area contributed by atoms with Crippen LogP contribution in [0.2, 0.25) is 0 Å². The van der Waals surface area contributed by atoms with Crippen LogP contribution < -0.4 is 0 Å². The van der Waals surface area contributed by atoms with Gasteiger partial charge >= 0.3 is 5.97 Å². The summed E-state index contributed by atoms with van der Waals surface area (Å²) in [7, 11) is 0. The number of rotatable bonds is 4. The zero-order valence-electron chi connectivity index (χ0n) is 7.66. The van der Waals surface area contributed by atoms with Crippen molar-refractivity contribution in [2.24, 2.45) is 0 Å². The maximum atomic E-state index is 10.6. The van der Waals surface area contributed by atoms with E-state index in [1.54, 1.807) is 12.1 Å². The zero-order valence-corrected chi connectivity index (χ0v) is 9.25. The summed E-state index contributed by atoms with van der Waals surface area (Å²) in [4.78, 5) is 10.6. The Morgan fingerprint density at radius 2 is 1.93 bits per heavy atom. The summed E-state index contributed by atoms with van der Waals surface area (Å²) >= 11 is 3.28. The van der Waals surface area contributed by atoms with Crippen molar-refractivity contribution in [1.29, 1.82) is 0 Å². The number of hydrogen-bond acceptors (Lipinski definition) is 1. The minimum atomic E-state index is -0.888. The third-order valence-electron chi connectivity index (χ3n) is 1.89. The van der Waals surface area contributed by atoms with Crippen molar-refractivity contribution in [3.8, 4) is 0 Å². The first kappa shape index (κ1) is 11.0. The normalized spacial score (nSPS) is 9.79. The number of hydrogen-bond donors (Lipinski definition) is 1. The third-order valence-corrected chi connectivity index (χ3v) is 2.28. The van der Waals surface area contributed by atoms with E-state index in [4.69, 9.17) is 5.11 Å². The minimum Gasteiger partial charge on any atom is -0.478 e. The molecule has 3 heteroatoms. The van der Waals surface area contributed by atoms with Crippen molar-refractivity contribution in [2.75, 3.05) is 0 Å². The number of carboxylic acids is 1. The highest BCUT2D eigenvalue weighted by atomic mass is 79.9. The second kappa shape index (κ2) is 4.96. The summed E-state index contributed by atoms with van der Waals surface area (Å²) in [5.74, 6) is -0.888. The first-order valence-electron chi connectivity index (χ1n) is 4.25. The van der Waals surface area contributed by atoms with Crippen LogP contribution in [0.4, 0.5) is 0 Å². The van der Waals surface area contributed by atoms with Gasteiger partial charge in [-0.2, -0.15) is 0 Å². The lowest BCUT2D eigenvalue weighted by molar-refractivity contribution is 0.0697. The number of aryl methyl sites for hydroxylation is 1. The fourth-order valence-corrected chi connectivity index (χ4v) is 1.29. The molecule has 0 aliphatic rings. The maximum absolute atomic E-state index is 10.6. The lowest BCUT2D eigenvalue weighted by Gasteiger charge is -2.00. The van der Waals surface area contributed by atoms with Crippen LogP contribution in [0, 0.1) is 0 Å². The summed E-state index contributed by atoms with van der Waals surface area (Å²) in [5.41, 5.74) is 1.45. The summed E-state index contributed by atoms with van der Waals surface area (Å²) in [6, 6.07) is 6.90. The van der Waals surface area contributed by atoms with E-state index in [1.807, 2.05) is 12.1 Å². The number of aromatic carboxylic acids is 1. The summed E-state index contributed by atoms with van der Waals surface area (Å²) in [6.07, 6.45) is 1.75. The molecule has 0 aromatic heterocycles. The highest BCUT2D eigenvalue weighted by molar-refractivity contribution is 9.11. The number of benzene rings is 1. The Morgan fingerprint density at radius 1 is 1.36 bits per heavy atom. The van der Waals surface area contributed by atoms with Crippen LogP contribution >= 0.6 is 15.9 Å². The molecule has 1 rings (SSSR count). The number of halogens is 1. The van der Waals surface area contributed by atoms with Crippen LogP contribution in [-0.4, -0.2) is 11.1 Å². The smallest absolute Gasteiger partial charge is 0.335 e. The van der Waals surface area contributed by atoms with Gasteiger partial charge in [0.2, 0.25) is 0 Å². The third kappa shape index (κ3) is 3.34. The Balaban J connectivity index is 2.64. The van der Waals surface area contributed by atoms with Gasteiger partial charge in [-0.05, 0) is 35.0 Å². The molecule has 1 aromatic rings. The van der Waals surface area contributed by atoms with Crippen molar-refractivity contribution in [1.82, 2.24) is 0 Å². The number of allylic oxidation sites excluding steroid dienone is 1. The van der Waals surface area contributed by atoms with E-state index < -0.39 is 5.97 Å². The maximum Gasteiger partial charge on any atom is 0.335 e. The molecule has 0 saturated heterocycles. The highest BCUT2D eigenvalue weighted by Gasteiger charge is 2.01. The van der Waals surface area contributed by atoms with E-state index >= 15 is 0 Å². The topological polar surface area (TPSA) is 37.3 Å². The average Bonchev–Trinajstić information content (AvgIpc) is 2.15. The molecule has 0 heterocycles. The van der Waals surface area contributed by atoms with Crippen LogP contribution in [-0.2, 0) is 6.42 Å². The van der Waals surface area contributed by atoms with E-state index in [2.05, 4.69) is 22.5 Å². The predicted octanol–water partition coefficient (Wildman–Crippen LogP) is 3.23. The minimum absolute atomic E-state index is 0.325. The second-order valence-electron chi connectivity index (χ2n) is 3.02. The molecule has 0 aliphatic heterocycles. The molecular formula is C11H11BrO2.